The Morgan fingerprint density at radius 3 is 2.65 bits per heavy atom. The standard InChI is InChI=1S/C13H17N3O/c1-9-4-5-10(2)12(6-9)17-8-16-11(3)7-13(14)15-16/h4-7H,8H2,1-3H3,(H2,14,15). The molecule has 0 radical (unpaired) electrons. The molecule has 1 aromatic carbocycles. The monoisotopic (exact) mass is 231 g/mol. The van der Waals surface area contributed by atoms with Crippen LogP contribution in [0, 0.1) is 20.8 Å². The molecule has 0 aliphatic carbocycles. The third-order valence-corrected chi connectivity index (χ3v) is 2.69. The molecular formula is C13H17N3O. The first-order valence-electron chi connectivity index (χ1n) is 5.56. The van der Waals surface area contributed by atoms with E-state index in [4.69, 9.17) is 10.5 Å². The van der Waals surface area contributed by atoms with Crippen molar-refractivity contribution >= 4 is 5.82 Å². The molecule has 0 aliphatic heterocycles. The summed E-state index contributed by atoms with van der Waals surface area (Å²) in [6.07, 6.45) is 0. The van der Waals surface area contributed by atoms with Crippen LogP contribution < -0.4 is 10.5 Å². The number of nitrogens with two attached hydrogens (primary N) is 1. The van der Waals surface area contributed by atoms with E-state index < -0.39 is 0 Å². The van der Waals surface area contributed by atoms with Gasteiger partial charge in [-0.3, -0.25) is 0 Å². The van der Waals surface area contributed by atoms with Crippen LogP contribution in [0.2, 0.25) is 0 Å². The predicted octanol–water partition coefficient (Wildman–Crippen LogP) is 2.43. The van der Waals surface area contributed by atoms with E-state index in [9.17, 15) is 0 Å². The number of rotatable bonds is 3. The van der Waals surface area contributed by atoms with Gasteiger partial charge >= 0.3 is 0 Å². The number of benzene rings is 1. The Labute approximate surface area is 101 Å². The summed E-state index contributed by atoms with van der Waals surface area (Å²) in [5.74, 6) is 1.41. The number of hydrogen-bond acceptors (Lipinski definition) is 3. The molecule has 0 unspecified atom stereocenters. The Bertz CT molecular complexity index is 531. The molecule has 0 bridgehead atoms. The van der Waals surface area contributed by atoms with Crippen molar-refractivity contribution in [3.63, 3.8) is 0 Å². The maximum Gasteiger partial charge on any atom is 0.181 e. The largest absolute Gasteiger partial charge is 0.471 e. The lowest BCUT2D eigenvalue weighted by Gasteiger charge is -2.10. The number of aryl methyl sites for hydroxylation is 3. The minimum Gasteiger partial charge on any atom is -0.471 e. The van der Waals surface area contributed by atoms with E-state index in [1.165, 1.54) is 5.56 Å². The van der Waals surface area contributed by atoms with Crippen molar-refractivity contribution in [3.8, 4) is 5.75 Å². The normalized spacial score (nSPS) is 10.5. The van der Waals surface area contributed by atoms with Crippen LogP contribution in [0.4, 0.5) is 5.82 Å². The first kappa shape index (κ1) is 11.5. The fourth-order valence-corrected chi connectivity index (χ4v) is 1.66. The van der Waals surface area contributed by atoms with E-state index in [1.807, 2.05) is 32.9 Å². The van der Waals surface area contributed by atoms with Crippen LogP contribution in [0.3, 0.4) is 0 Å². The fraction of sp³-hybridized carbons (Fsp3) is 0.308. The van der Waals surface area contributed by atoms with E-state index in [0.29, 0.717) is 12.5 Å². The van der Waals surface area contributed by atoms with Gasteiger partial charge in [0.1, 0.15) is 11.6 Å². The zero-order valence-corrected chi connectivity index (χ0v) is 10.4. The van der Waals surface area contributed by atoms with Crippen molar-refractivity contribution in [2.24, 2.45) is 0 Å². The van der Waals surface area contributed by atoms with Gasteiger partial charge in [-0.05, 0) is 38.0 Å². The summed E-state index contributed by atoms with van der Waals surface area (Å²) in [6, 6.07) is 7.97. The molecule has 1 aromatic heterocycles. The van der Waals surface area contributed by atoms with Gasteiger partial charge in [-0.2, -0.15) is 5.10 Å². The van der Waals surface area contributed by atoms with Crippen LogP contribution in [-0.4, -0.2) is 9.78 Å². The van der Waals surface area contributed by atoms with E-state index >= 15 is 0 Å². The lowest BCUT2D eigenvalue weighted by atomic mass is 10.1. The van der Waals surface area contributed by atoms with Gasteiger partial charge in [0.25, 0.3) is 0 Å². The lowest BCUT2D eigenvalue weighted by molar-refractivity contribution is 0.217. The van der Waals surface area contributed by atoms with Gasteiger partial charge in [0.15, 0.2) is 6.73 Å². The Kier molecular flexibility index (Phi) is 3.04. The van der Waals surface area contributed by atoms with E-state index in [1.54, 1.807) is 4.68 Å². The number of anilines is 1. The predicted molar refractivity (Wildman–Crippen MR) is 67.9 cm³/mol. The van der Waals surface area contributed by atoms with Crippen LogP contribution in [0.25, 0.3) is 0 Å². The van der Waals surface area contributed by atoms with E-state index in [2.05, 4.69) is 17.2 Å². The second-order valence-corrected chi connectivity index (χ2v) is 4.25. The number of nitrogen functional groups attached to an aromatic ring is 1. The van der Waals surface area contributed by atoms with E-state index in [0.717, 1.165) is 17.0 Å². The Morgan fingerprint density at radius 1 is 1.24 bits per heavy atom. The molecule has 2 N–H and O–H groups in total. The molecule has 4 heteroatoms. The number of nitrogens with zero attached hydrogens (tertiary/aromatic N) is 2. The van der Waals surface area contributed by atoms with Crippen molar-refractivity contribution < 1.29 is 4.74 Å². The summed E-state index contributed by atoms with van der Waals surface area (Å²) in [5.41, 5.74) is 8.91. The second kappa shape index (κ2) is 4.49. The van der Waals surface area contributed by atoms with Gasteiger partial charge in [0, 0.05) is 11.8 Å². The minimum atomic E-state index is 0.382. The quantitative estimate of drug-likeness (QED) is 0.882. The van der Waals surface area contributed by atoms with Crippen LogP contribution >= 0.6 is 0 Å². The molecule has 0 atom stereocenters. The molecule has 90 valence electrons. The molecule has 0 saturated heterocycles. The summed E-state index contributed by atoms with van der Waals surface area (Å²) in [4.78, 5) is 0. The third kappa shape index (κ3) is 2.58. The van der Waals surface area contributed by atoms with Crippen LogP contribution in [0.15, 0.2) is 24.3 Å². The molecule has 4 nitrogen and oxygen atoms in total. The first-order valence-corrected chi connectivity index (χ1v) is 5.56. The van der Waals surface area contributed by atoms with Crippen molar-refractivity contribution in [3.05, 3.63) is 41.1 Å². The lowest BCUT2D eigenvalue weighted by Crippen LogP contribution is -2.09. The van der Waals surface area contributed by atoms with Crippen molar-refractivity contribution in [2.75, 3.05) is 5.73 Å². The summed E-state index contributed by atoms with van der Waals surface area (Å²) in [7, 11) is 0. The summed E-state index contributed by atoms with van der Waals surface area (Å²) < 4.78 is 7.49. The topological polar surface area (TPSA) is 53.1 Å². The van der Waals surface area contributed by atoms with Crippen LogP contribution in [0.5, 0.6) is 5.75 Å². The minimum absolute atomic E-state index is 0.382. The van der Waals surface area contributed by atoms with Crippen molar-refractivity contribution in [2.45, 2.75) is 27.5 Å². The highest BCUT2D eigenvalue weighted by atomic mass is 16.5. The molecule has 2 aromatic rings. The number of aromatic nitrogens is 2. The molecule has 0 aliphatic rings. The molecule has 0 fully saturated rings. The number of ether oxygens (including phenoxy) is 1. The van der Waals surface area contributed by atoms with Crippen molar-refractivity contribution in [1.82, 2.24) is 9.78 Å². The highest BCUT2D eigenvalue weighted by Gasteiger charge is 2.03. The molecule has 0 spiro atoms. The van der Waals surface area contributed by atoms with Crippen molar-refractivity contribution in [1.29, 1.82) is 0 Å². The van der Waals surface area contributed by atoms with Crippen LogP contribution in [0.1, 0.15) is 16.8 Å². The molecule has 2 rings (SSSR count). The Morgan fingerprint density at radius 2 is 2.00 bits per heavy atom. The molecular weight excluding hydrogens is 214 g/mol. The zero-order valence-electron chi connectivity index (χ0n) is 10.4. The molecule has 1 heterocycles. The molecule has 0 amide bonds. The highest BCUT2D eigenvalue weighted by Crippen LogP contribution is 2.19. The SMILES string of the molecule is Cc1ccc(C)c(OCn2nc(N)cc2C)c1. The van der Waals surface area contributed by atoms with Gasteiger partial charge in [-0.15, -0.1) is 0 Å². The third-order valence-electron chi connectivity index (χ3n) is 2.69. The zero-order chi connectivity index (χ0) is 12.4. The van der Waals surface area contributed by atoms with Gasteiger partial charge < -0.3 is 10.5 Å². The maximum absolute atomic E-state index is 5.74. The summed E-state index contributed by atoms with van der Waals surface area (Å²) in [5, 5.41) is 4.15. The number of hydrogen-bond donors (Lipinski definition) is 1. The van der Waals surface area contributed by atoms with E-state index in [-0.39, 0.29) is 0 Å². The molecule has 17 heavy (non-hydrogen) atoms. The van der Waals surface area contributed by atoms with Gasteiger partial charge in [0.05, 0.1) is 0 Å². The first-order chi connectivity index (χ1) is 8.06. The van der Waals surface area contributed by atoms with Gasteiger partial charge in [-0.1, -0.05) is 12.1 Å². The smallest absolute Gasteiger partial charge is 0.181 e. The average molecular weight is 231 g/mol. The summed E-state index contributed by atoms with van der Waals surface area (Å²) in [6.45, 7) is 6.41. The average Bonchev–Trinajstić information content (AvgIpc) is 2.59. The Hall–Kier alpha value is -1.97. The molecule has 0 saturated carbocycles. The summed E-state index contributed by atoms with van der Waals surface area (Å²) >= 11 is 0. The van der Waals surface area contributed by atoms with Gasteiger partial charge in [0.2, 0.25) is 0 Å². The maximum atomic E-state index is 5.74. The highest BCUT2D eigenvalue weighted by molar-refractivity contribution is 5.36. The Balaban J connectivity index is 2.12. The van der Waals surface area contributed by atoms with Crippen LogP contribution in [-0.2, 0) is 6.73 Å². The fourth-order valence-electron chi connectivity index (χ4n) is 1.66. The second-order valence-electron chi connectivity index (χ2n) is 4.25. The van der Waals surface area contributed by atoms with Gasteiger partial charge in [-0.25, -0.2) is 4.68 Å².